The quantitative estimate of drug-likeness (QED) is 0.247. The van der Waals surface area contributed by atoms with E-state index in [0.717, 1.165) is 16.9 Å². The Bertz CT molecular complexity index is 2100. The molecule has 1 amide bonds. The van der Waals surface area contributed by atoms with E-state index in [9.17, 15) is 14.4 Å². The van der Waals surface area contributed by atoms with Gasteiger partial charge in [-0.2, -0.15) is 0 Å². The molecule has 3 heterocycles. The molecule has 2 aliphatic rings. The fourth-order valence-electron chi connectivity index (χ4n) is 5.67. The third-order valence-electron chi connectivity index (χ3n) is 7.73. The third kappa shape index (κ3) is 5.18. The number of carbonyl (C=O) groups is 2. The minimum atomic E-state index is -0.935. The van der Waals surface area contributed by atoms with Gasteiger partial charge in [0.2, 0.25) is 0 Å². The molecule has 0 fully saturated rings. The number of benzene rings is 3. The molecule has 9 nitrogen and oxygen atoms in total. The molecule has 0 radical (unpaired) electrons. The molecule has 0 saturated heterocycles. The standard InChI is InChI=1S/C33H27BrClN3O6S/c1-5-44-32(41)26-17(2)36-33-38(28(26)20-14-24(42-3)25(43-4)15-21(20)34)31(40)29(45-33)27-19-11-7-9-13-23(19)37(30(27)39)16-18-10-6-8-12-22(18)35/h6-15,28H,5,16H2,1-4H3/b29-27+/t28-/m1/s1. The summed E-state index contributed by atoms with van der Waals surface area (Å²) in [5.41, 5.74) is 3.04. The lowest BCUT2D eigenvalue weighted by molar-refractivity contribution is -0.139. The van der Waals surface area contributed by atoms with Gasteiger partial charge in [0, 0.05) is 15.1 Å². The molecule has 0 unspecified atom stereocenters. The Labute approximate surface area is 275 Å². The first kappa shape index (κ1) is 30.8. The smallest absolute Gasteiger partial charge is 0.338 e. The average molecular weight is 709 g/mol. The number of para-hydroxylation sites is 1. The number of hydrogen-bond donors (Lipinski definition) is 0. The number of esters is 1. The molecule has 1 atom stereocenters. The predicted molar refractivity (Wildman–Crippen MR) is 176 cm³/mol. The van der Waals surface area contributed by atoms with Gasteiger partial charge >= 0.3 is 5.97 Å². The van der Waals surface area contributed by atoms with Gasteiger partial charge in [0.1, 0.15) is 4.53 Å². The maximum atomic E-state index is 14.5. The Hall–Kier alpha value is -4.19. The molecule has 1 aromatic heterocycles. The molecule has 230 valence electrons. The molecule has 45 heavy (non-hydrogen) atoms. The number of anilines is 1. The number of hydrogen-bond acceptors (Lipinski definition) is 8. The lowest BCUT2D eigenvalue weighted by atomic mass is 9.95. The highest BCUT2D eigenvalue weighted by atomic mass is 79.9. The summed E-state index contributed by atoms with van der Waals surface area (Å²) in [7, 11) is 3.03. The van der Waals surface area contributed by atoms with Gasteiger partial charge in [-0.3, -0.25) is 14.2 Å². The highest BCUT2D eigenvalue weighted by Crippen LogP contribution is 2.41. The highest BCUT2D eigenvalue weighted by molar-refractivity contribution is 9.10. The first-order valence-corrected chi connectivity index (χ1v) is 16.0. The van der Waals surface area contributed by atoms with E-state index in [1.807, 2.05) is 42.5 Å². The number of carbonyl (C=O) groups excluding carboxylic acids is 2. The number of nitrogens with zero attached hydrogens (tertiary/aromatic N) is 3. The maximum Gasteiger partial charge on any atom is 0.338 e. The number of ether oxygens (including phenoxy) is 3. The van der Waals surface area contributed by atoms with Gasteiger partial charge in [-0.15, -0.1) is 0 Å². The minimum Gasteiger partial charge on any atom is -0.493 e. The van der Waals surface area contributed by atoms with Crippen LogP contribution in [0.2, 0.25) is 5.02 Å². The van der Waals surface area contributed by atoms with Crippen molar-refractivity contribution in [3.63, 3.8) is 0 Å². The van der Waals surface area contributed by atoms with Crippen molar-refractivity contribution in [3.05, 3.63) is 118 Å². The number of methoxy groups -OCH3 is 2. The molecule has 0 bridgehead atoms. The summed E-state index contributed by atoms with van der Waals surface area (Å²) in [6.45, 7) is 3.78. The molecule has 0 spiro atoms. The van der Waals surface area contributed by atoms with Crippen molar-refractivity contribution < 1.29 is 23.8 Å². The van der Waals surface area contributed by atoms with E-state index in [-0.39, 0.29) is 34.7 Å². The molecule has 0 saturated carbocycles. The normalized spacial score (nSPS) is 16.7. The fourth-order valence-corrected chi connectivity index (χ4v) is 7.54. The van der Waals surface area contributed by atoms with Crippen LogP contribution in [-0.4, -0.2) is 37.3 Å². The Kier molecular flexibility index (Phi) is 8.43. The Morgan fingerprint density at radius 2 is 1.73 bits per heavy atom. The van der Waals surface area contributed by atoms with Gasteiger partial charge in [0.15, 0.2) is 16.3 Å². The number of thiazole rings is 1. The lowest BCUT2D eigenvalue weighted by Crippen LogP contribution is -2.41. The first-order valence-electron chi connectivity index (χ1n) is 14.0. The summed E-state index contributed by atoms with van der Waals surface area (Å²) >= 11 is 11.2. The van der Waals surface area contributed by atoms with Crippen LogP contribution in [0.5, 0.6) is 11.5 Å². The zero-order valence-electron chi connectivity index (χ0n) is 24.7. The summed E-state index contributed by atoms with van der Waals surface area (Å²) in [5, 5.41) is 0.540. The molecule has 2 aliphatic heterocycles. The van der Waals surface area contributed by atoms with E-state index in [2.05, 4.69) is 20.9 Å². The van der Waals surface area contributed by atoms with Crippen LogP contribution in [0.15, 0.2) is 86.2 Å². The first-order chi connectivity index (χ1) is 21.7. The van der Waals surface area contributed by atoms with E-state index in [1.165, 1.54) is 18.8 Å². The van der Waals surface area contributed by atoms with Crippen molar-refractivity contribution >= 4 is 62.0 Å². The predicted octanol–water partition coefficient (Wildman–Crippen LogP) is 5.15. The summed E-state index contributed by atoms with van der Waals surface area (Å²) in [4.78, 5) is 48.8. The lowest BCUT2D eigenvalue weighted by Gasteiger charge is -2.26. The van der Waals surface area contributed by atoms with Crippen molar-refractivity contribution in [2.45, 2.75) is 26.4 Å². The largest absolute Gasteiger partial charge is 0.493 e. The van der Waals surface area contributed by atoms with Crippen molar-refractivity contribution in [2.24, 2.45) is 4.99 Å². The highest BCUT2D eigenvalue weighted by Gasteiger charge is 2.38. The van der Waals surface area contributed by atoms with Crippen LogP contribution in [-0.2, 0) is 20.9 Å². The monoisotopic (exact) mass is 707 g/mol. The zero-order valence-corrected chi connectivity index (χ0v) is 27.9. The topological polar surface area (TPSA) is 99.4 Å². The van der Waals surface area contributed by atoms with Gasteiger partial charge in [-0.25, -0.2) is 9.79 Å². The van der Waals surface area contributed by atoms with E-state index >= 15 is 0 Å². The van der Waals surface area contributed by atoms with Gasteiger partial charge < -0.3 is 19.1 Å². The van der Waals surface area contributed by atoms with Crippen LogP contribution in [0.4, 0.5) is 5.69 Å². The average Bonchev–Trinajstić information content (AvgIpc) is 3.49. The maximum absolute atomic E-state index is 14.5. The number of fused-ring (bicyclic) bond motifs is 2. The van der Waals surface area contributed by atoms with Gasteiger partial charge in [-0.1, -0.05) is 75.3 Å². The number of allylic oxidation sites excluding steroid dienone is 1. The molecular weight excluding hydrogens is 682 g/mol. The summed E-state index contributed by atoms with van der Waals surface area (Å²) in [5.74, 6) is -0.0512. The second kappa shape index (κ2) is 12.3. The number of amides is 1. The van der Waals surface area contributed by atoms with Gasteiger partial charge in [-0.05, 0) is 49.2 Å². The van der Waals surface area contributed by atoms with Crippen LogP contribution in [0.1, 0.15) is 36.6 Å². The van der Waals surface area contributed by atoms with Crippen molar-refractivity contribution in [1.82, 2.24) is 4.57 Å². The van der Waals surface area contributed by atoms with E-state index < -0.39 is 17.6 Å². The second-order valence-corrected chi connectivity index (χ2v) is 12.5. The summed E-state index contributed by atoms with van der Waals surface area (Å²) < 4.78 is 18.7. The van der Waals surface area contributed by atoms with Crippen molar-refractivity contribution in [3.8, 4) is 11.5 Å². The van der Waals surface area contributed by atoms with E-state index in [0.29, 0.717) is 48.3 Å². The molecule has 12 heteroatoms. The fraction of sp³-hybridized carbons (Fsp3) is 0.212. The number of halogens is 2. The molecule has 0 N–H and O–H groups in total. The van der Waals surface area contributed by atoms with Crippen molar-refractivity contribution in [1.29, 1.82) is 0 Å². The van der Waals surface area contributed by atoms with Crippen LogP contribution in [0.25, 0.3) is 5.57 Å². The Balaban J connectivity index is 1.61. The summed E-state index contributed by atoms with van der Waals surface area (Å²) in [6, 6.07) is 17.2. The third-order valence-corrected chi connectivity index (χ3v) is 9.84. The number of rotatable bonds is 7. The SMILES string of the molecule is CCOC(=O)C1=C(C)N=c2s/c(=C3/C(=O)N(Cc4ccccc4Cl)c4ccccc43)c(=O)n2[C@@H]1c1cc(OC)c(OC)cc1Br. The van der Waals surface area contributed by atoms with Crippen LogP contribution in [0.3, 0.4) is 0 Å². The van der Waals surface area contributed by atoms with E-state index in [1.54, 1.807) is 36.9 Å². The van der Waals surface area contributed by atoms with Gasteiger partial charge in [0.25, 0.3) is 11.5 Å². The minimum absolute atomic E-state index is 0.135. The molecule has 3 aromatic carbocycles. The summed E-state index contributed by atoms with van der Waals surface area (Å²) in [6.07, 6.45) is 0. The molecular formula is C33H27BrClN3O6S. The molecule has 6 rings (SSSR count). The number of aromatic nitrogens is 1. The second-order valence-electron chi connectivity index (χ2n) is 10.2. The van der Waals surface area contributed by atoms with Crippen LogP contribution >= 0.6 is 38.9 Å². The van der Waals surface area contributed by atoms with Crippen LogP contribution < -0.4 is 29.3 Å². The molecule has 0 aliphatic carbocycles. The Morgan fingerprint density at radius 3 is 2.44 bits per heavy atom. The van der Waals surface area contributed by atoms with Crippen LogP contribution in [0, 0.1) is 0 Å². The van der Waals surface area contributed by atoms with E-state index in [4.69, 9.17) is 25.8 Å². The Morgan fingerprint density at radius 1 is 1.04 bits per heavy atom. The molecule has 4 aromatic rings. The zero-order chi connectivity index (χ0) is 32.0. The van der Waals surface area contributed by atoms with Gasteiger partial charge in [0.05, 0.1) is 55.9 Å². The van der Waals surface area contributed by atoms with Crippen molar-refractivity contribution in [2.75, 3.05) is 25.7 Å².